The molecule has 1 aromatic heterocycles. The van der Waals surface area contributed by atoms with Gasteiger partial charge in [0.1, 0.15) is 6.17 Å². The van der Waals surface area contributed by atoms with E-state index in [0.29, 0.717) is 18.5 Å². The molecule has 0 aliphatic carbocycles. The molecule has 0 spiro atoms. The van der Waals surface area contributed by atoms with Gasteiger partial charge in [-0.2, -0.15) is 0 Å². The molecule has 138 valence electrons. The Morgan fingerprint density at radius 2 is 2.19 bits per heavy atom. The molecule has 3 rings (SSSR count). The number of nitrogens with two attached hydrogens (primary N) is 1. The average molecular weight is 360 g/mol. The quantitative estimate of drug-likeness (QED) is 0.879. The number of piperidine rings is 1. The van der Waals surface area contributed by atoms with E-state index in [1.807, 2.05) is 11.8 Å². The van der Waals surface area contributed by atoms with Crippen LogP contribution in [0.4, 0.5) is 14.5 Å². The molecule has 0 bridgehead atoms. The van der Waals surface area contributed by atoms with E-state index in [2.05, 4.69) is 10.3 Å². The van der Waals surface area contributed by atoms with Crippen LogP contribution in [0, 0.1) is 5.82 Å². The molecular formula is C19H22F2N4O. The summed E-state index contributed by atoms with van der Waals surface area (Å²) in [6.07, 6.45) is 1.50. The normalized spacial score (nSPS) is 23.6. The van der Waals surface area contributed by atoms with Crippen molar-refractivity contribution in [2.75, 3.05) is 25.0 Å². The van der Waals surface area contributed by atoms with Crippen molar-refractivity contribution in [3.8, 4) is 0 Å². The summed E-state index contributed by atoms with van der Waals surface area (Å²) in [4.78, 5) is 18.4. The van der Waals surface area contributed by atoms with Crippen molar-refractivity contribution in [3.05, 3.63) is 59.7 Å². The fraction of sp³-hybridized carbons (Fsp3) is 0.368. The Labute approximate surface area is 151 Å². The number of likely N-dealkylation sites (tertiary alicyclic amines) is 1. The first-order valence-corrected chi connectivity index (χ1v) is 8.61. The minimum Gasteiger partial charge on any atom is -0.319 e. The minimum atomic E-state index is -1.30. The maximum absolute atomic E-state index is 14.9. The maximum Gasteiger partial charge on any atom is 0.256 e. The zero-order chi connectivity index (χ0) is 18.7. The van der Waals surface area contributed by atoms with Crippen molar-refractivity contribution >= 4 is 11.6 Å². The SMILES string of the molecule is CCN1CC[C@](N)(c2ccccc2C(=O)Nc2ccncc2F)[C@@H](F)C1. The topological polar surface area (TPSA) is 71.2 Å². The third-order valence-corrected chi connectivity index (χ3v) is 4.96. The van der Waals surface area contributed by atoms with Crippen LogP contribution in [-0.4, -0.2) is 41.6 Å². The molecule has 0 unspecified atom stereocenters. The second-order valence-electron chi connectivity index (χ2n) is 6.51. The van der Waals surface area contributed by atoms with E-state index in [0.717, 1.165) is 12.7 Å². The molecule has 0 saturated carbocycles. The summed E-state index contributed by atoms with van der Waals surface area (Å²) in [5.74, 6) is -1.17. The van der Waals surface area contributed by atoms with Crippen LogP contribution in [0.3, 0.4) is 0 Å². The average Bonchev–Trinajstić information content (AvgIpc) is 2.66. The lowest BCUT2D eigenvalue weighted by Gasteiger charge is -2.42. The summed E-state index contributed by atoms with van der Waals surface area (Å²) in [6.45, 7) is 3.60. The number of anilines is 1. The van der Waals surface area contributed by atoms with Crippen LogP contribution in [0.15, 0.2) is 42.7 Å². The molecule has 2 aromatic rings. The van der Waals surface area contributed by atoms with E-state index >= 15 is 0 Å². The predicted octanol–water partition coefficient (Wildman–Crippen LogP) is 2.69. The zero-order valence-corrected chi connectivity index (χ0v) is 14.6. The van der Waals surface area contributed by atoms with Crippen LogP contribution >= 0.6 is 0 Å². The number of alkyl halides is 1. The highest BCUT2D eigenvalue weighted by Gasteiger charge is 2.43. The first kappa shape index (κ1) is 18.4. The summed E-state index contributed by atoms with van der Waals surface area (Å²) in [5.41, 5.74) is 5.89. The summed E-state index contributed by atoms with van der Waals surface area (Å²) in [6, 6.07) is 8.03. The van der Waals surface area contributed by atoms with Crippen LogP contribution in [0.1, 0.15) is 29.3 Å². The number of nitrogens with zero attached hydrogens (tertiary/aromatic N) is 2. The molecule has 5 nitrogen and oxygen atoms in total. The van der Waals surface area contributed by atoms with Crippen molar-refractivity contribution in [2.45, 2.75) is 25.1 Å². The lowest BCUT2D eigenvalue weighted by molar-refractivity contribution is 0.0638. The number of rotatable bonds is 4. The number of hydrogen-bond donors (Lipinski definition) is 2. The highest BCUT2D eigenvalue weighted by Crippen LogP contribution is 2.35. The van der Waals surface area contributed by atoms with Crippen LogP contribution in [0.5, 0.6) is 0 Å². The maximum atomic E-state index is 14.9. The monoisotopic (exact) mass is 360 g/mol. The van der Waals surface area contributed by atoms with Gasteiger partial charge in [0.15, 0.2) is 5.82 Å². The van der Waals surface area contributed by atoms with Crippen molar-refractivity contribution in [1.29, 1.82) is 0 Å². The molecule has 7 heteroatoms. The first-order chi connectivity index (χ1) is 12.5. The second kappa shape index (κ2) is 7.47. The smallest absolute Gasteiger partial charge is 0.256 e. The van der Waals surface area contributed by atoms with Crippen molar-refractivity contribution in [3.63, 3.8) is 0 Å². The van der Waals surface area contributed by atoms with Crippen LogP contribution < -0.4 is 11.1 Å². The Kier molecular flexibility index (Phi) is 5.29. The van der Waals surface area contributed by atoms with Crippen LogP contribution in [-0.2, 0) is 5.54 Å². The Bertz CT molecular complexity index is 801. The molecule has 1 amide bonds. The third-order valence-electron chi connectivity index (χ3n) is 4.96. The lowest BCUT2D eigenvalue weighted by Crippen LogP contribution is -2.57. The van der Waals surface area contributed by atoms with Crippen molar-refractivity contribution in [1.82, 2.24) is 9.88 Å². The van der Waals surface area contributed by atoms with E-state index in [1.165, 1.54) is 12.3 Å². The van der Waals surface area contributed by atoms with Gasteiger partial charge < -0.3 is 16.0 Å². The molecule has 1 aliphatic heterocycles. The summed E-state index contributed by atoms with van der Waals surface area (Å²) in [7, 11) is 0. The van der Waals surface area contributed by atoms with E-state index in [-0.39, 0.29) is 17.8 Å². The number of halogens is 2. The van der Waals surface area contributed by atoms with Gasteiger partial charge in [-0.1, -0.05) is 25.1 Å². The van der Waals surface area contributed by atoms with E-state index < -0.39 is 23.4 Å². The van der Waals surface area contributed by atoms with Gasteiger partial charge in [-0.05, 0) is 30.7 Å². The van der Waals surface area contributed by atoms with Gasteiger partial charge in [0.25, 0.3) is 5.91 Å². The van der Waals surface area contributed by atoms with E-state index in [1.54, 1.807) is 24.3 Å². The second-order valence-corrected chi connectivity index (χ2v) is 6.51. The molecular weight excluding hydrogens is 338 g/mol. The van der Waals surface area contributed by atoms with Gasteiger partial charge in [0.2, 0.25) is 0 Å². The fourth-order valence-corrected chi connectivity index (χ4v) is 3.32. The van der Waals surface area contributed by atoms with Gasteiger partial charge in [-0.15, -0.1) is 0 Å². The minimum absolute atomic E-state index is 0.0171. The summed E-state index contributed by atoms with van der Waals surface area (Å²) in [5, 5.41) is 2.52. The Hall–Kier alpha value is -2.38. The third kappa shape index (κ3) is 3.45. The molecule has 2 atom stereocenters. The van der Waals surface area contributed by atoms with Gasteiger partial charge >= 0.3 is 0 Å². The number of carbonyl (C=O) groups excluding carboxylic acids is 1. The number of amides is 1. The van der Waals surface area contributed by atoms with Gasteiger partial charge in [0.05, 0.1) is 17.4 Å². The molecule has 1 fully saturated rings. The molecule has 2 heterocycles. The molecule has 0 radical (unpaired) electrons. The summed E-state index contributed by atoms with van der Waals surface area (Å²) < 4.78 is 28.7. The number of aromatic nitrogens is 1. The highest BCUT2D eigenvalue weighted by molar-refractivity contribution is 6.05. The first-order valence-electron chi connectivity index (χ1n) is 8.61. The Balaban J connectivity index is 1.91. The number of hydrogen-bond acceptors (Lipinski definition) is 4. The molecule has 1 aliphatic rings. The number of benzene rings is 1. The Morgan fingerprint density at radius 1 is 1.42 bits per heavy atom. The molecule has 1 aromatic carbocycles. The standard InChI is InChI=1S/C19H22F2N4O/c1-2-25-10-8-19(22,17(21)12-25)14-6-4-3-5-13(14)18(26)24-16-7-9-23-11-15(16)20/h3-7,9,11,17H,2,8,10,12,22H2,1H3,(H,23,24,26)/t17-,19-/m0/s1. The van der Waals surface area contributed by atoms with Crippen molar-refractivity contribution < 1.29 is 13.6 Å². The molecule has 3 N–H and O–H groups in total. The number of carbonyl (C=O) groups is 1. The number of nitrogens with one attached hydrogen (secondary N) is 1. The van der Waals surface area contributed by atoms with Crippen LogP contribution in [0.2, 0.25) is 0 Å². The summed E-state index contributed by atoms with van der Waals surface area (Å²) >= 11 is 0. The largest absolute Gasteiger partial charge is 0.319 e. The van der Waals surface area contributed by atoms with Crippen LogP contribution in [0.25, 0.3) is 0 Å². The molecule has 1 saturated heterocycles. The van der Waals surface area contributed by atoms with E-state index in [9.17, 15) is 13.6 Å². The number of pyridine rings is 1. The van der Waals surface area contributed by atoms with E-state index in [4.69, 9.17) is 5.73 Å². The Morgan fingerprint density at radius 3 is 2.88 bits per heavy atom. The van der Waals surface area contributed by atoms with Gasteiger partial charge in [-0.3, -0.25) is 9.78 Å². The van der Waals surface area contributed by atoms with Crippen molar-refractivity contribution in [2.24, 2.45) is 5.73 Å². The molecule has 26 heavy (non-hydrogen) atoms. The predicted molar refractivity (Wildman–Crippen MR) is 96.1 cm³/mol. The van der Waals surface area contributed by atoms with Gasteiger partial charge in [0, 0.05) is 24.8 Å². The van der Waals surface area contributed by atoms with Gasteiger partial charge in [-0.25, -0.2) is 8.78 Å². The highest BCUT2D eigenvalue weighted by atomic mass is 19.1. The lowest BCUT2D eigenvalue weighted by atomic mass is 9.78. The zero-order valence-electron chi connectivity index (χ0n) is 14.6. The fourth-order valence-electron chi connectivity index (χ4n) is 3.32.